The van der Waals surface area contributed by atoms with Gasteiger partial charge >= 0.3 is 62.6 Å². The van der Waals surface area contributed by atoms with Gasteiger partial charge in [0.25, 0.3) is 0 Å². The van der Waals surface area contributed by atoms with Crippen molar-refractivity contribution in [1.82, 2.24) is 0 Å². The van der Waals surface area contributed by atoms with E-state index in [0.717, 1.165) is 0 Å². The van der Waals surface area contributed by atoms with Gasteiger partial charge in [-0.25, -0.2) is 0 Å². The molecule has 0 aromatic carbocycles. The number of rotatable bonds is 18. The molecule has 0 aromatic rings. The van der Waals surface area contributed by atoms with E-state index in [9.17, 15) is 87.8 Å². The van der Waals surface area contributed by atoms with Crippen LogP contribution < -0.4 is 0 Å². The summed E-state index contributed by atoms with van der Waals surface area (Å²) in [5.74, 6) is -54.2. The van der Waals surface area contributed by atoms with Gasteiger partial charge in [0.2, 0.25) is 0 Å². The molecule has 0 rings (SSSR count). The largest absolute Gasteiger partial charge is 0.510 e. The number of unbranched alkanes of at least 4 members (excludes halogenated alkanes) is 2. The summed E-state index contributed by atoms with van der Waals surface area (Å²) in [5, 5.41) is 0. The Morgan fingerprint density at radius 3 is 1.25 bits per heavy atom. The lowest BCUT2D eigenvalue weighted by atomic mass is 9.86. The van der Waals surface area contributed by atoms with Crippen LogP contribution in [0.1, 0.15) is 45.4 Å². The van der Waals surface area contributed by atoms with Gasteiger partial charge in [-0.15, -0.1) is 0 Å². The quantitative estimate of drug-likeness (QED) is 0.0803. The fraction of sp³-hybridized carbons (Fsp3) is 1.00. The molecule has 0 fully saturated rings. The lowest BCUT2D eigenvalue weighted by Gasteiger charge is -2.44. The first-order valence-corrected chi connectivity index (χ1v) is 13.7. The second-order valence-corrected chi connectivity index (χ2v) is 12.0. The zero-order chi connectivity index (χ0) is 35.6. The van der Waals surface area contributed by atoms with E-state index in [1.807, 2.05) is 0 Å². The lowest BCUT2D eigenvalue weighted by molar-refractivity contribution is -0.445. The highest BCUT2D eigenvalue weighted by atomic mass is 28.4. The van der Waals surface area contributed by atoms with Crippen molar-refractivity contribution in [3.8, 4) is 0 Å². The fourth-order valence-corrected chi connectivity index (χ4v) is 5.45. The number of hydrogen-bond donors (Lipinski definition) is 0. The molecule has 24 heteroatoms. The van der Waals surface area contributed by atoms with Gasteiger partial charge in [0, 0.05) is 27.1 Å². The highest BCUT2D eigenvalue weighted by Crippen LogP contribution is 2.63. The SMILES string of the molecule is CCC(O[Si](CC(F)(F)F)(OC)OC)C(F)(F)C(F)(F)C(F)(F)C(F)(F)C(F)(F)C(F)(F)C(F)(F)CCCCCC(F)(F)F. The molecule has 266 valence electrons. The summed E-state index contributed by atoms with van der Waals surface area (Å²) in [7, 11) is -5.14. The van der Waals surface area contributed by atoms with Gasteiger partial charge < -0.3 is 13.3 Å². The van der Waals surface area contributed by atoms with Gasteiger partial charge in [0.1, 0.15) is 12.1 Å². The first-order chi connectivity index (χ1) is 19.2. The normalized spacial score (nSPS) is 16.4. The Morgan fingerprint density at radius 2 is 0.886 bits per heavy atom. The molecule has 3 nitrogen and oxygen atoms in total. The third-order valence-electron chi connectivity index (χ3n) is 6.04. The van der Waals surface area contributed by atoms with Crippen LogP contribution >= 0.6 is 0 Å². The highest BCUT2D eigenvalue weighted by molar-refractivity contribution is 6.60. The maximum absolute atomic E-state index is 14.7. The zero-order valence-corrected chi connectivity index (χ0v) is 23.3. The summed E-state index contributed by atoms with van der Waals surface area (Å²) in [6, 6.07) is -2.48. The summed E-state index contributed by atoms with van der Waals surface area (Å²) in [6.07, 6.45) is -24.3. The van der Waals surface area contributed by atoms with Crippen LogP contribution in [-0.2, 0) is 13.3 Å². The molecule has 0 bridgehead atoms. The van der Waals surface area contributed by atoms with E-state index >= 15 is 0 Å². The van der Waals surface area contributed by atoms with Crippen molar-refractivity contribution in [3.05, 3.63) is 0 Å². The standard InChI is InChI=1S/C20H24F20O3Si/c1-4-11(43-44(41-2,42-3)10-14(26,27)28)15(29,30)17(33,34)19(37,38)20(39,40)18(35,36)16(31,32)12(21,22)8-6-5-7-9-13(23,24)25/h11H,4-10H2,1-3H3. The molecule has 0 spiro atoms. The molecule has 0 aromatic heterocycles. The first-order valence-electron chi connectivity index (χ1n) is 11.8. The predicted molar refractivity (Wildman–Crippen MR) is 110 cm³/mol. The summed E-state index contributed by atoms with van der Waals surface area (Å²) in [4.78, 5) is 0. The van der Waals surface area contributed by atoms with Crippen molar-refractivity contribution >= 4 is 8.80 Å². The lowest BCUT2D eigenvalue weighted by Crippen LogP contribution is -2.74. The van der Waals surface area contributed by atoms with E-state index in [0.29, 0.717) is 6.92 Å². The fourth-order valence-electron chi connectivity index (χ4n) is 3.48. The average molecular weight is 720 g/mol. The number of alkyl halides is 20. The molecule has 0 aliphatic rings. The van der Waals surface area contributed by atoms with E-state index in [4.69, 9.17) is 0 Å². The zero-order valence-electron chi connectivity index (χ0n) is 22.3. The molecule has 0 saturated carbocycles. The molecule has 0 N–H and O–H groups in total. The van der Waals surface area contributed by atoms with Gasteiger partial charge in [-0.3, -0.25) is 0 Å². The number of halogens is 20. The second-order valence-electron chi connectivity index (χ2n) is 9.27. The Bertz CT molecular complexity index is 913. The van der Waals surface area contributed by atoms with Crippen molar-refractivity contribution in [3.63, 3.8) is 0 Å². The maximum Gasteiger partial charge on any atom is 0.510 e. The van der Waals surface area contributed by atoms with Crippen LogP contribution in [-0.4, -0.2) is 82.9 Å². The highest BCUT2D eigenvalue weighted by Gasteiger charge is 2.93. The molecule has 1 unspecified atom stereocenters. The van der Waals surface area contributed by atoms with Crippen molar-refractivity contribution in [2.75, 3.05) is 14.2 Å². The second kappa shape index (κ2) is 13.4. The molecule has 1 atom stereocenters. The van der Waals surface area contributed by atoms with Crippen molar-refractivity contribution < 1.29 is 101 Å². The van der Waals surface area contributed by atoms with E-state index in [1.54, 1.807) is 0 Å². The van der Waals surface area contributed by atoms with Crippen LogP contribution in [0.3, 0.4) is 0 Å². The maximum atomic E-state index is 14.7. The Balaban J connectivity index is 6.54. The molecule has 0 saturated heterocycles. The van der Waals surface area contributed by atoms with Gasteiger partial charge in [-0.05, 0) is 19.3 Å². The van der Waals surface area contributed by atoms with Gasteiger partial charge in [-0.1, -0.05) is 13.3 Å². The van der Waals surface area contributed by atoms with Gasteiger partial charge in [0.15, 0.2) is 0 Å². The van der Waals surface area contributed by atoms with E-state index in [1.165, 1.54) is 0 Å². The number of hydrogen-bond acceptors (Lipinski definition) is 3. The smallest absolute Gasteiger partial charge is 0.377 e. The summed E-state index contributed by atoms with van der Waals surface area (Å²) >= 11 is 0. The Kier molecular flexibility index (Phi) is 13.0. The molecule has 0 aliphatic carbocycles. The predicted octanol–water partition coefficient (Wildman–Crippen LogP) is 9.54. The van der Waals surface area contributed by atoms with Gasteiger partial charge in [0.05, 0.1) is 0 Å². The van der Waals surface area contributed by atoms with Crippen LogP contribution in [0.2, 0.25) is 6.04 Å². The molecule has 44 heavy (non-hydrogen) atoms. The monoisotopic (exact) mass is 720 g/mol. The van der Waals surface area contributed by atoms with E-state index in [2.05, 4.69) is 13.3 Å². The molecule has 0 radical (unpaired) electrons. The Hall–Kier alpha value is -1.30. The minimum atomic E-state index is -8.46. The van der Waals surface area contributed by atoms with Crippen LogP contribution in [0.5, 0.6) is 0 Å². The molecule has 0 heterocycles. The van der Waals surface area contributed by atoms with E-state index < -0.39 is 113 Å². The molecular formula is C20H24F20O3Si. The summed E-state index contributed by atoms with van der Waals surface area (Å²) in [6.45, 7) is 0.307. The van der Waals surface area contributed by atoms with Crippen LogP contribution in [0.25, 0.3) is 0 Å². The average Bonchev–Trinajstić information content (AvgIpc) is 2.83. The topological polar surface area (TPSA) is 27.7 Å². The van der Waals surface area contributed by atoms with Crippen molar-refractivity contribution in [2.45, 2.75) is 111 Å². The van der Waals surface area contributed by atoms with Crippen LogP contribution in [0.4, 0.5) is 87.8 Å². The summed E-state index contributed by atoms with van der Waals surface area (Å²) < 4.78 is 286. The Morgan fingerprint density at radius 1 is 0.500 bits per heavy atom. The minimum Gasteiger partial charge on any atom is -0.377 e. The van der Waals surface area contributed by atoms with Crippen LogP contribution in [0, 0.1) is 0 Å². The molecular weight excluding hydrogens is 696 g/mol. The molecule has 0 aliphatic heterocycles. The molecule has 0 amide bonds. The van der Waals surface area contributed by atoms with E-state index in [-0.39, 0.29) is 14.2 Å². The first kappa shape index (κ1) is 42.7. The third-order valence-corrected chi connectivity index (χ3v) is 8.76. The van der Waals surface area contributed by atoms with Crippen LogP contribution in [0.15, 0.2) is 0 Å². The summed E-state index contributed by atoms with van der Waals surface area (Å²) in [5.41, 5.74) is 0. The van der Waals surface area contributed by atoms with Crippen molar-refractivity contribution in [2.24, 2.45) is 0 Å². The van der Waals surface area contributed by atoms with Gasteiger partial charge in [-0.2, -0.15) is 87.8 Å². The third kappa shape index (κ3) is 8.34. The van der Waals surface area contributed by atoms with Crippen molar-refractivity contribution in [1.29, 1.82) is 0 Å². The Labute approximate surface area is 236 Å². The minimum absolute atomic E-state index is 0.270.